The van der Waals surface area contributed by atoms with Gasteiger partial charge in [0.1, 0.15) is 5.75 Å². The molecule has 4 nitrogen and oxygen atoms in total. The number of ether oxygens (including phenoxy) is 1. The molecular weight excluding hydrogens is 316 g/mol. The van der Waals surface area contributed by atoms with Crippen molar-refractivity contribution >= 4 is 11.7 Å². The number of benzene rings is 2. The van der Waals surface area contributed by atoms with Crippen molar-refractivity contribution in [1.29, 1.82) is 0 Å². The lowest BCUT2D eigenvalue weighted by atomic mass is 10.1. The molecule has 0 fully saturated rings. The Kier molecular flexibility index (Phi) is 6.01. The number of hydrogen-bond acceptors (Lipinski definition) is 3. The van der Waals surface area contributed by atoms with Crippen LogP contribution in [0.3, 0.4) is 0 Å². The second kappa shape index (κ2) is 8.19. The molecule has 0 aliphatic rings. The summed E-state index contributed by atoms with van der Waals surface area (Å²) in [7, 11) is 0. The van der Waals surface area contributed by atoms with Crippen LogP contribution in [-0.2, 0) is 11.2 Å². The van der Waals surface area contributed by atoms with Gasteiger partial charge in [-0.05, 0) is 31.0 Å². The van der Waals surface area contributed by atoms with Gasteiger partial charge in [-0.25, -0.2) is 0 Å². The molecule has 0 aliphatic carbocycles. The smallest absolute Gasteiger partial charge is 0.387 e. The first-order chi connectivity index (χ1) is 11.5. The number of ketones is 1. The topological polar surface area (TPSA) is 55.4 Å². The zero-order valence-electron chi connectivity index (χ0n) is 13.1. The molecule has 2 aromatic rings. The summed E-state index contributed by atoms with van der Waals surface area (Å²) in [4.78, 5) is 23.8. The Morgan fingerprint density at radius 2 is 1.67 bits per heavy atom. The predicted molar refractivity (Wildman–Crippen MR) is 85.3 cm³/mol. The van der Waals surface area contributed by atoms with E-state index in [-0.39, 0.29) is 12.3 Å². The van der Waals surface area contributed by atoms with Crippen molar-refractivity contribution in [3.8, 4) is 5.75 Å². The van der Waals surface area contributed by atoms with Crippen molar-refractivity contribution in [2.24, 2.45) is 0 Å². The molecule has 6 heteroatoms. The van der Waals surface area contributed by atoms with Crippen LogP contribution in [0.1, 0.15) is 21.5 Å². The van der Waals surface area contributed by atoms with E-state index in [1.54, 1.807) is 36.4 Å². The highest BCUT2D eigenvalue weighted by Crippen LogP contribution is 2.15. The molecule has 0 heterocycles. The maximum Gasteiger partial charge on any atom is 0.387 e. The molecule has 1 N–H and O–H groups in total. The molecular formula is C18H17F2NO3. The fourth-order valence-corrected chi connectivity index (χ4v) is 2.07. The van der Waals surface area contributed by atoms with Crippen LogP contribution in [0.15, 0.2) is 48.5 Å². The van der Waals surface area contributed by atoms with Gasteiger partial charge in [-0.1, -0.05) is 42.0 Å². The Balaban J connectivity index is 1.81. The molecule has 0 saturated carbocycles. The second-order valence-electron chi connectivity index (χ2n) is 5.22. The van der Waals surface area contributed by atoms with Crippen molar-refractivity contribution in [2.45, 2.75) is 20.0 Å². The van der Waals surface area contributed by atoms with Crippen molar-refractivity contribution < 1.29 is 23.1 Å². The molecule has 2 aromatic carbocycles. The van der Waals surface area contributed by atoms with Crippen molar-refractivity contribution in [1.82, 2.24) is 5.32 Å². The number of rotatable bonds is 7. The highest BCUT2D eigenvalue weighted by molar-refractivity contribution is 6.42. The van der Waals surface area contributed by atoms with Gasteiger partial charge in [0.2, 0.25) is 5.78 Å². The number of amides is 1. The third kappa shape index (κ3) is 5.15. The zero-order chi connectivity index (χ0) is 17.5. The number of nitrogens with one attached hydrogen (secondary N) is 1. The molecule has 0 spiro atoms. The van der Waals surface area contributed by atoms with Gasteiger partial charge >= 0.3 is 6.61 Å². The standard InChI is InChI=1S/C18H17F2NO3/c1-12-2-6-14(7-3-12)16(22)17(23)21-11-10-13-4-8-15(9-5-13)24-18(19)20/h2-9,18H,10-11H2,1H3,(H,21,23). The number of hydrogen-bond donors (Lipinski definition) is 1. The van der Waals surface area contributed by atoms with Crippen LogP contribution in [0.25, 0.3) is 0 Å². The van der Waals surface area contributed by atoms with Gasteiger partial charge in [-0.15, -0.1) is 0 Å². The number of carbonyl (C=O) groups excluding carboxylic acids is 2. The van der Waals surface area contributed by atoms with E-state index < -0.39 is 18.3 Å². The predicted octanol–water partition coefficient (Wildman–Crippen LogP) is 3.14. The van der Waals surface area contributed by atoms with E-state index in [4.69, 9.17) is 0 Å². The SMILES string of the molecule is Cc1ccc(C(=O)C(=O)NCCc2ccc(OC(F)F)cc2)cc1. The van der Waals surface area contributed by atoms with Crippen LogP contribution < -0.4 is 10.1 Å². The molecule has 0 bridgehead atoms. The minimum absolute atomic E-state index is 0.0762. The molecule has 0 radical (unpaired) electrons. The summed E-state index contributed by atoms with van der Waals surface area (Å²) < 4.78 is 28.4. The summed E-state index contributed by atoms with van der Waals surface area (Å²) in [5.74, 6) is -1.18. The third-order valence-corrected chi connectivity index (χ3v) is 3.37. The van der Waals surface area contributed by atoms with Crippen molar-refractivity contribution in [3.63, 3.8) is 0 Å². The fourth-order valence-electron chi connectivity index (χ4n) is 2.07. The normalized spacial score (nSPS) is 10.5. The molecule has 1 amide bonds. The highest BCUT2D eigenvalue weighted by atomic mass is 19.3. The van der Waals surface area contributed by atoms with Gasteiger partial charge in [-0.3, -0.25) is 9.59 Å². The van der Waals surface area contributed by atoms with Crippen LogP contribution in [0.5, 0.6) is 5.75 Å². The summed E-state index contributed by atoms with van der Waals surface area (Å²) in [6.45, 7) is -0.694. The first kappa shape index (κ1) is 17.6. The summed E-state index contributed by atoms with van der Waals surface area (Å²) >= 11 is 0. The summed E-state index contributed by atoms with van der Waals surface area (Å²) in [6, 6.07) is 12.9. The van der Waals surface area contributed by atoms with Gasteiger partial charge in [0.15, 0.2) is 0 Å². The van der Waals surface area contributed by atoms with E-state index in [9.17, 15) is 18.4 Å². The van der Waals surface area contributed by atoms with Gasteiger partial charge in [0.05, 0.1) is 0 Å². The van der Waals surface area contributed by atoms with E-state index in [2.05, 4.69) is 10.1 Å². The third-order valence-electron chi connectivity index (χ3n) is 3.37. The van der Waals surface area contributed by atoms with Crippen LogP contribution in [-0.4, -0.2) is 24.8 Å². The fraction of sp³-hybridized carbons (Fsp3) is 0.222. The van der Waals surface area contributed by atoms with E-state index in [0.29, 0.717) is 12.0 Å². The Labute approximate surface area is 138 Å². The number of halogens is 2. The maximum absolute atomic E-state index is 12.0. The van der Waals surface area contributed by atoms with Crippen molar-refractivity contribution in [3.05, 3.63) is 65.2 Å². The molecule has 0 atom stereocenters. The summed E-state index contributed by atoms with van der Waals surface area (Å²) in [5, 5.41) is 2.55. The average molecular weight is 333 g/mol. The number of aryl methyl sites for hydroxylation is 1. The van der Waals surface area contributed by atoms with Crippen LogP contribution >= 0.6 is 0 Å². The molecule has 2 rings (SSSR count). The van der Waals surface area contributed by atoms with Crippen LogP contribution in [0, 0.1) is 6.92 Å². The van der Waals surface area contributed by atoms with E-state index in [0.717, 1.165) is 11.1 Å². The summed E-state index contributed by atoms with van der Waals surface area (Å²) in [5.41, 5.74) is 2.18. The van der Waals surface area contributed by atoms with Gasteiger partial charge in [0.25, 0.3) is 5.91 Å². The second-order valence-corrected chi connectivity index (χ2v) is 5.22. The molecule has 0 unspecified atom stereocenters. The minimum Gasteiger partial charge on any atom is -0.435 e. The van der Waals surface area contributed by atoms with Crippen LogP contribution in [0.4, 0.5) is 8.78 Å². The Hall–Kier alpha value is -2.76. The van der Waals surface area contributed by atoms with Crippen LogP contribution in [0.2, 0.25) is 0 Å². The average Bonchev–Trinajstić information content (AvgIpc) is 2.56. The van der Waals surface area contributed by atoms with Crippen molar-refractivity contribution in [2.75, 3.05) is 6.54 Å². The number of carbonyl (C=O) groups is 2. The zero-order valence-corrected chi connectivity index (χ0v) is 13.1. The number of Topliss-reactive ketones (excluding diaryl/α,β-unsaturated/α-hetero) is 1. The molecule has 0 saturated heterocycles. The molecule has 0 aliphatic heterocycles. The van der Waals surface area contributed by atoms with Gasteiger partial charge < -0.3 is 10.1 Å². The monoisotopic (exact) mass is 333 g/mol. The van der Waals surface area contributed by atoms with Gasteiger partial charge in [-0.2, -0.15) is 8.78 Å². The van der Waals surface area contributed by atoms with Gasteiger partial charge in [0, 0.05) is 12.1 Å². The lowest BCUT2D eigenvalue weighted by Crippen LogP contribution is -2.32. The molecule has 0 aromatic heterocycles. The Morgan fingerprint density at radius 1 is 1.04 bits per heavy atom. The summed E-state index contributed by atoms with van der Waals surface area (Å²) in [6.07, 6.45) is 0.474. The van der Waals surface area contributed by atoms with E-state index in [1.165, 1.54) is 12.1 Å². The Morgan fingerprint density at radius 3 is 2.25 bits per heavy atom. The quantitative estimate of drug-likeness (QED) is 0.626. The van der Waals surface area contributed by atoms with E-state index >= 15 is 0 Å². The lowest BCUT2D eigenvalue weighted by molar-refractivity contribution is -0.116. The highest BCUT2D eigenvalue weighted by Gasteiger charge is 2.15. The first-order valence-corrected chi connectivity index (χ1v) is 7.38. The largest absolute Gasteiger partial charge is 0.435 e. The minimum atomic E-state index is -2.86. The Bertz CT molecular complexity index is 697. The lowest BCUT2D eigenvalue weighted by Gasteiger charge is -2.07. The molecule has 24 heavy (non-hydrogen) atoms. The van der Waals surface area contributed by atoms with E-state index in [1.807, 2.05) is 6.92 Å². The molecule has 126 valence electrons. The first-order valence-electron chi connectivity index (χ1n) is 7.38. The number of alkyl halides is 2. The maximum atomic E-state index is 12.0.